The Morgan fingerprint density at radius 1 is 1.17 bits per heavy atom. The highest BCUT2D eigenvalue weighted by Gasteiger charge is 2.09. The molecule has 2 aromatic rings. The molecule has 2 aromatic carbocycles. The number of fused-ring (bicyclic) bond motifs is 1. The van der Waals surface area contributed by atoms with Crippen molar-refractivity contribution in [2.75, 3.05) is 7.11 Å². The van der Waals surface area contributed by atoms with Crippen LogP contribution >= 0.6 is 0 Å². The zero-order chi connectivity index (χ0) is 13.0. The molecule has 0 N–H and O–H groups in total. The van der Waals surface area contributed by atoms with Crippen molar-refractivity contribution in [2.45, 2.75) is 25.9 Å². The van der Waals surface area contributed by atoms with E-state index in [1.54, 1.807) is 7.11 Å². The Kier molecular flexibility index (Phi) is 4.11. The lowest BCUT2D eigenvalue weighted by Gasteiger charge is -2.08. The number of benzene rings is 2. The summed E-state index contributed by atoms with van der Waals surface area (Å²) < 4.78 is 5.15. The van der Waals surface area contributed by atoms with Crippen LogP contribution in [0.25, 0.3) is 10.8 Å². The second-order valence-electron chi connectivity index (χ2n) is 4.57. The van der Waals surface area contributed by atoms with Crippen LogP contribution in [0, 0.1) is 0 Å². The van der Waals surface area contributed by atoms with Gasteiger partial charge < -0.3 is 4.74 Å². The molecule has 0 fully saturated rings. The van der Waals surface area contributed by atoms with Crippen molar-refractivity contribution in [3.05, 3.63) is 48.0 Å². The van der Waals surface area contributed by atoms with E-state index >= 15 is 0 Å². The van der Waals surface area contributed by atoms with Gasteiger partial charge in [-0.25, -0.2) is 0 Å². The van der Waals surface area contributed by atoms with Gasteiger partial charge in [-0.2, -0.15) is 0 Å². The first-order chi connectivity index (χ1) is 8.70. The van der Waals surface area contributed by atoms with Crippen molar-refractivity contribution >= 4 is 16.6 Å². The van der Waals surface area contributed by atoms with Gasteiger partial charge in [-0.3, -0.25) is 4.79 Å². The molecule has 1 unspecified atom stereocenters. The second kappa shape index (κ2) is 5.78. The van der Waals surface area contributed by atoms with Crippen LogP contribution in [0.3, 0.4) is 0 Å². The number of ether oxygens (including phenoxy) is 1. The van der Waals surface area contributed by atoms with E-state index in [4.69, 9.17) is 4.74 Å². The van der Waals surface area contributed by atoms with Gasteiger partial charge in [0.1, 0.15) is 0 Å². The molecular weight excluding hydrogens is 224 g/mol. The van der Waals surface area contributed by atoms with E-state index in [1.807, 2.05) is 43.3 Å². The predicted octanol–water partition coefficient (Wildman–Crippen LogP) is 3.84. The van der Waals surface area contributed by atoms with Crippen LogP contribution in [0.5, 0.6) is 0 Å². The first-order valence-electron chi connectivity index (χ1n) is 6.25. The first-order valence-corrected chi connectivity index (χ1v) is 6.25. The van der Waals surface area contributed by atoms with Gasteiger partial charge in [0.05, 0.1) is 6.10 Å². The highest BCUT2D eigenvalue weighted by Crippen LogP contribution is 2.17. The highest BCUT2D eigenvalue weighted by molar-refractivity contribution is 5.99. The van der Waals surface area contributed by atoms with Gasteiger partial charge in [0.2, 0.25) is 0 Å². The van der Waals surface area contributed by atoms with E-state index in [2.05, 4.69) is 6.07 Å². The topological polar surface area (TPSA) is 26.3 Å². The second-order valence-corrected chi connectivity index (χ2v) is 4.57. The molecule has 0 spiro atoms. The van der Waals surface area contributed by atoms with Crippen LogP contribution in [0.2, 0.25) is 0 Å². The molecule has 0 radical (unpaired) electrons. The molecule has 94 valence electrons. The van der Waals surface area contributed by atoms with Crippen LogP contribution < -0.4 is 0 Å². The Bertz CT molecular complexity index is 546. The maximum absolute atomic E-state index is 12.1. The quantitative estimate of drug-likeness (QED) is 0.745. The molecule has 18 heavy (non-hydrogen) atoms. The molecule has 2 heteroatoms. The number of hydrogen-bond donors (Lipinski definition) is 0. The minimum Gasteiger partial charge on any atom is -0.382 e. The number of Topliss-reactive ketones (excluding diaryl/α,β-unsaturated/α-hetero) is 1. The van der Waals surface area contributed by atoms with E-state index in [9.17, 15) is 4.79 Å². The fraction of sp³-hybridized carbons (Fsp3) is 0.312. The van der Waals surface area contributed by atoms with E-state index in [0.717, 1.165) is 17.4 Å². The Balaban J connectivity index is 2.13. The van der Waals surface area contributed by atoms with E-state index < -0.39 is 0 Å². The summed E-state index contributed by atoms with van der Waals surface area (Å²) in [6.07, 6.45) is 1.43. The summed E-state index contributed by atoms with van der Waals surface area (Å²) in [6, 6.07) is 14.0. The molecule has 0 bridgehead atoms. The molecule has 0 aliphatic heterocycles. The van der Waals surface area contributed by atoms with Crippen LogP contribution in [0.4, 0.5) is 0 Å². The fourth-order valence-electron chi connectivity index (χ4n) is 1.96. The standard InChI is InChI=1S/C16H18O2/c1-12(18-2)7-10-16(17)15-9-8-13-5-3-4-6-14(13)11-15/h3-6,8-9,11-12H,7,10H2,1-2H3. The summed E-state index contributed by atoms with van der Waals surface area (Å²) in [6.45, 7) is 1.98. The summed E-state index contributed by atoms with van der Waals surface area (Å²) in [5.74, 6) is 0.185. The first kappa shape index (κ1) is 12.8. The van der Waals surface area contributed by atoms with Gasteiger partial charge >= 0.3 is 0 Å². The smallest absolute Gasteiger partial charge is 0.162 e. The maximum Gasteiger partial charge on any atom is 0.162 e. The Morgan fingerprint density at radius 2 is 1.89 bits per heavy atom. The minimum atomic E-state index is 0.134. The Morgan fingerprint density at radius 3 is 2.61 bits per heavy atom. The third kappa shape index (κ3) is 2.96. The molecule has 0 heterocycles. The lowest BCUT2D eigenvalue weighted by molar-refractivity contribution is 0.0878. The van der Waals surface area contributed by atoms with Gasteiger partial charge in [-0.05, 0) is 30.2 Å². The molecular formula is C16H18O2. The molecule has 0 amide bonds. The van der Waals surface area contributed by atoms with Crippen molar-refractivity contribution in [2.24, 2.45) is 0 Å². The maximum atomic E-state index is 12.1. The molecule has 2 nitrogen and oxygen atoms in total. The molecule has 0 saturated carbocycles. The predicted molar refractivity (Wildman–Crippen MR) is 74.0 cm³/mol. The van der Waals surface area contributed by atoms with Crippen molar-refractivity contribution in [3.63, 3.8) is 0 Å². The summed E-state index contributed by atoms with van der Waals surface area (Å²) in [5, 5.41) is 2.28. The minimum absolute atomic E-state index is 0.134. The molecule has 1 atom stereocenters. The number of ketones is 1. The third-order valence-electron chi connectivity index (χ3n) is 3.25. The molecule has 0 saturated heterocycles. The van der Waals surface area contributed by atoms with E-state index in [-0.39, 0.29) is 11.9 Å². The normalized spacial score (nSPS) is 12.6. The third-order valence-corrected chi connectivity index (χ3v) is 3.25. The number of carbonyl (C=O) groups is 1. The lowest BCUT2D eigenvalue weighted by atomic mass is 10.0. The summed E-state index contributed by atoms with van der Waals surface area (Å²) in [4.78, 5) is 12.1. The van der Waals surface area contributed by atoms with E-state index in [0.29, 0.717) is 6.42 Å². The zero-order valence-corrected chi connectivity index (χ0v) is 10.8. The Labute approximate surface area is 108 Å². The number of hydrogen-bond acceptors (Lipinski definition) is 2. The van der Waals surface area contributed by atoms with Crippen molar-refractivity contribution in [3.8, 4) is 0 Å². The zero-order valence-electron chi connectivity index (χ0n) is 10.8. The van der Waals surface area contributed by atoms with Crippen LogP contribution in [0.15, 0.2) is 42.5 Å². The van der Waals surface area contributed by atoms with Crippen molar-refractivity contribution in [1.82, 2.24) is 0 Å². The van der Waals surface area contributed by atoms with Gasteiger partial charge in [0.15, 0.2) is 5.78 Å². The van der Waals surface area contributed by atoms with Crippen molar-refractivity contribution in [1.29, 1.82) is 0 Å². The summed E-state index contributed by atoms with van der Waals surface area (Å²) in [5.41, 5.74) is 0.789. The average molecular weight is 242 g/mol. The number of rotatable bonds is 5. The molecule has 2 rings (SSSR count). The van der Waals surface area contributed by atoms with Crippen LogP contribution in [-0.2, 0) is 4.74 Å². The summed E-state index contributed by atoms with van der Waals surface area (Å²) >= 11 is 0. The van der Waals surface area contributed by atoms with Gasteiger partial charge in [-0.15, -0.1) is 0 Å². The van der Waals surface area contributed by atoms with Crippen molar-refractivity contribution < 1.29 is 9.53 Å². The average Bonchev–Trinajstić information content (AvgIpc) is 2.43. The lowest BCUT2D eigenvalue weighted by Crippen LogP contribution is -2.08. The molecule has 0 aromatic heterocycles. The molecule has 0 aliphatic rings. The highest BCUT2D eigenvalue weighted by atomic mass is 16.5. The van der Waals surface area contributed by atoms with Gasteiger partial charge in [-0.1, -0.05) is 36.4 Å². The largest absolute Gasteiger partial charge is 0.382 e. The van der Waals surface area contributed by atoms with Gasteiger partial charge in [0, 0.05) is 19.1 Å². The fourth-order valence-corrected chi connectivity index (χ4v) is 1.96. The monoisotopic (exact) mass is 242 g/mol. The summed E-state index contributed by atoms with van der Waals surface area (Å²) in [7, 11) is 1.67. The van der Waals surface area contributed by atoms with Gasteiger partial charge in [0.25, 0.3) is 0 Å². The van der Waals surface area contributed by atoms with E-state index in [1.165, 1.54) is 5.39 Å². The Hall–Kier alpha value is -1.67. The van der Waals surface area contributed by atoms with Crippen LogP contribution in [-0.4, -0.2) is 19.0 Å². The van der Waals surface area contributed by atoms with Crippen LogP contribution in [0.1, 0.15) is 30.1 Å². The number of carbonyl (C=O) groups excluding carboxylic acids is 1. The molecule has 0 aliphatic carbocycles. The SMILES string of the molecule is COC(C)CCC(=O)c1ccc2ccccc2c1. The number of methoxy groups -OCH3 is 1.